The Balaban J connectivity index is 1.47. The molecule has 1 aromatic carbocycles. The van der Waals surface area contributed by atoms with Gasteiger partial charge < -0.3 is 9.80 Å². The Bertz CT molecular complexity index is 1130. The molecule has 30 heavy (non-hydrogen) atoms. The smallest absolute Gasteiger partial charge is 0.255 e. The highest BCUT2D eigenvalue weighted by Gasteiger charge is 2.25. The number of amides is 1. The molecule has 4 rings (SSSR count). The van der Waals surface area contributed by atoms with Gasteiger partial charge in [-0.25, -0.2) is 4.98 Å². The van der Waals surface area contributed by atoms with Gasteiger partial charge in [0.1, 0.15) is 11.9 Å². The van der Waals surface area contributed by atoms with Crippen LogP contribution in [0.15, 0.2) is 59.2 Å². The molecule has 0 unspecified atom stereocenters. The molecule has 7 heteroatoms. The summed E-state index contributed by atoms with van der Waals surface area (Å²) in [5.74, 6) is 0.672. The number of nitrogens with zero attached hydrogens (tertiary/aromatic N) is 5. The maximum atomic E-state index is 13.1. The van der Waals surface area contributed by atoms with Gasteiger partial charge in [0.2, 0.25) is 0 Å². The van der Waals surface area contributed by atoms with E-state index in [9.17, 15) is 10.1 Å². The van der Waals surface area contributed by atoms with Crippen LogP contribution >= 0.6 is 15.9 Å². The predicted octanol–water partition coefficient (Wildman–Crippen LogP) is 4.05. The van der Waals surface area contributed by atoms with Crippen molar-refractivity contribution in [1.82, 2.24) is 14.9 Å². The largest absolute Gasteiger partial charge is 0.352 e. The fraction of sp³-hybridized carbons (Fsp3) is 0.217. The van der Waals surface area contributed by atoms with E-state index in [4.69, 9.17) is 0 Å². The molecular formula is C23H20BrN5O. The van der Waals surface area contributed by atoms with E-state index in [0.717, 1.165) is 21.4 Å². The lowest BCUT2D eigenvalue weighted by atomic mass is 10.1. The topological polar surface area (TPSA) is 73.1 Å². The second-order valence-electron chi connectivity index (χ2n) is 7.11. The Labute approximate surface area is 183 Å². The number of hydrogen-bond donors (Lipinski definition) is 0. The van der Waals surface area contributed by atoms with Crippen LogP contribution in [0.5, 0.6) is 0 Å². The number of piperazine rings is 1. The molecule has 0 atom stereocenters. The second-order valence-corrected chi connectivity index (χ2v) is 8.02. The highest BCUT2D eigenvalue weighted by molar-refractivity contribution is 9.10. The number of halogens is 1. The van der Waals surface area contributed by atoms with E-state index in [1.54, 1.807) is 18.3 Å². The van der Waals surface area contributed by atoms with Crippen molar-refractivity contribution >= 4 is 27.7 Å². The first-order valence-electron chi connectivity index (χ1n) is 9.70. The molecule has 1 fully saturated rings. The lowest BCUT2D eigenvalue weighted by molar-refractivity contribution is 0.0745. The molecule has 0 radical (unpaired) electrons. The Morgan fingerprint density at radius 3 is 2.60 bits per heavy atom. The number of carbonyl (C=O) groups is 1. The molecule has 2 aromatic heterocycles. The number of aromatic nitrogens is 2. The zero-order valence-corrected chi connectivity index (χ0v) is 18.1. The van der Waals surface area contributed by atoms with Crippen molar-refractivity contribution < 1.29 is 4.79 Å². The molecule has 0 bridgehead atoms. The van der Waals surface area contributed by atoms with Crippen molar-refractivity contribution in [2.24, 2.45) is 0 Å². The SMILES string of the molecule is Cc1nc(-c2cccc(Br)c2)ccc1C(=O)N1CCN(c2ncccc2C#N)CC1. The number of hydrogen-bond acceptors (Lipinski definition) is 5. The van der Waals surface area contributed by atoms with Crippen LogP contribution in [0.4, 0.5) is 5.82 Å². The summed E-state index contributed by atoms with van der Waals surface area (Å²) in [5.41, 5.74) is 3.74. The number of aryl methyl sites for hydroxylation is 1. The molecule has 1 aliphatic heterocycles. The van der Waals surface area contributed by atoms with Gasteiger partial charge in [-0.3, -0.25) is 9.78 Å². The van der Waals surface area contributed by atoms with Crippen molar-refractivity contribution in [2.75, 3.05) is 31.1 Å². The number of anilines is 1. The predicted molar refractivity (Wildman–Crippen MR) is 119 cm³/mol. The molecule has 6 nitrogen and oxygen atoms in total. The summed E-state index contributed by atoms with van der Waals surface area (Å²) in [6.45, 7) is 4.30. The van der Waals surface area contributed by atoms with Gasteiger partial charge in [-0.2, -0.15) is 5.26 Å². The molecule has 1 amide bonds. The summed E-state index contributed by atoms with van der Waals surface area (Å²) in [5, 5.41) is 9.30. The zero-order chi connectivity index (χ0) is 21.1. The molecular weight excluding hydrogens is 442 g/mol. The summed E-state index contributed by atoms with van der Waals surface area (Å²) in [6.07, 6.45) is 1.69. The van der Waals surface area contributed by atoms with Gasteiger partial charge in [-0.1, -0.05) is 28.1 Å². The second kappa shape index (κ2) is 8.64. The summed E-state index contributed by atoms with van der Waals surface area (Å²) >= 11 is 3.48. The van der Waals surface area contributed by atoms with Crippen LogP contribution in [0.1, 0.15) is 21.6 Å². The first-order valence-corrected chi connectivity index (χ1v) is 10.5. The van der Waals surface area contributed by atoms with Gasteiger partial charge in [0.05, 0.1) is 22.5 Å². The zero-order valence-electron chi connectivity index (χ0n) is 16.5. The molecule has 0 saturated carbocycles. The maximum absolute atomic E-state index is 13.1. The highest BCUT2D eigenvalue weighted by Crippen LogP contribution is 2.24. The third-order valence-electron chi connectivity index (χ3n) is 5.21. The van der Waals surface area contributed by atoms with Crippen molar-refractivity contribution in [1.29, 1.82) is 5.26 Å². The minimum absolute atomic E-state index is 0.0121. The number of nitriles is 1. The first kappa shape index (κ1) is 20.0. The van der Waals surface area contributed by atoms with Gasteiger partial charge in [0, 0.05) is 42.4 Å². The van der Waals surface area contributed by atoms with Gasteiger partial charge in [-0.05, 0) is 43.3 Å². The fourth-order valence-electron chi connectivity index (χ4n) is 3.62. The molecule has 1 saturated heterocycles. The summed E-state index contributed by atoms with van der Waals surface area (Å²) in [4.78, 5) is 26.0. The highest BCUT2D eigenvalue weighted by atomic mass is 79.9. The Morgan fingerprint density at radius 1 is 1.10 bits per heavy atom. The van der Waals surface area contributed by atoms with Gasteiger partial charge in [0.15, 0.2) is 0 Å². The van der Waals surface area contributed by atoms with E-state index in [1.807, 2.05) is 48.2 Å². The minimum atomic E-state index is -0.0121. The molecule has 3 heterocycles. The molecule has 0 N–H and O–H groups in total. The molecule has 3 aromatic rings. The number of benzene rings is 1. The van der Waals surface area contributed by atoms with Crippen molar-refractivity contribution in [3.05, 3.63) is 76.0 Å². The standard InChI is InChI=1S/C23H20BrN5O/c1-16-20(7-8-21(27-16)17-4-2-6-19(24)14-17)23(30)29-12-10-28(11-13-29)22-18(15-25)5-3-9-26-22/h2-9,14H,10-13H2,1H3. The fourth-order valence-corrected chi connectivity index (χ4v) is 4.02. The third-order valence-corrected chi connectivity index (χ3v) is 5.70. The first-order chi connectivity index (χ1) is 14.6. The Kier molecular flexibility index (Phi) is 5.77. The summed E-state index contributed by atoms with van der Waals surface area (Å²) in [6, 6.07) is 17.4. The van der Waals surface area contributed by atoms with Crippen LogP contribution in [-0.4, -0.2) is 47.0 Å². The number of carbonyl (C=O) groups excluding carboxylic acids is 1. The molecule has 150 valence electrons. The van der Waals surface area contributed by atoms with Crippen molar-refractivity contribution in [3.63, 3.8) is 0 Å². The number of rotatable bonds is 3. The van der Waals surface area contributed by atoms with E-state index < -0.39 is 0 Å². The van der Waals surface area contributed by atoms with Crippen LogP contribution in [0, 0.1) is 18.3 Å². The summed E-state index contributed by atoms with van der Waals surface area (Å²) in [7, 11) is 0. The maximum Gasteiger partial charge on any atom is 0.255 e. The Morgan fingerprint density at radius 2 is 1.90 bits per heavy atom. The average Bonchev–Trinajstić information content (AvgIpc) is 2.78. The average molecular weight is 462 g/mol. The van der Waals surface area contributed by atoms with Crippen LogP contribution < -0.4 is 4.90 Å². The molecule has 0 aliphatic carbocycles. The quantitative estimate of drug-likeness (QED) is 0.588. The van der Waals surface area contributed by atoms with E-state index in [2.05, 4.69) is 36.9 Å². The third kappa shape index (κ3) is 4.05. The minimum Gasteiger partial charge on any atom is -0.352 e. The van der Waals surface area contributed by atoms with Gasteiger partial charge in [-0.15, -0.1) is 0 Å². The van der Waals surface area contributed by atoms with E-state index in [1.165, 1.54) is 0 Å². The summed E-state index contributed by atoms with van der Waals surface area (Å²) < 4.78 is 0.991. The molecule has 0 spiro atoms. The van der Waals surface area contributed by atoms with Gasteiger partial charge >= 0.3 is 0 Å². The van der Waals surface area contributed by atoms with Crippen molar-refractivity contribution in [3.8, 4) is 17.3 Å². The lowest BCUT2D eigenvalue weighted by Crippen LogP contribution is -2.49. The lowest BCUT2D eigenvalue weighted by Gasteiger charge is -2.35. The van der Waals surface area contributed by atoms with Crippen LogP contribution in [0.3, 0.4) is 0 Å². The Hall–Kier alpha value is -3.24. The van der Waals surface area contributed by atoms with Crippen LogP contribution in [0.2, 0.25) is 0 Å². The monoisotopic (exact) mass is 461 g/mol. The molecule has 1 aliphatic rings. The van der Waals surface area contributed by atoms with Crippen LogP contribution in [0.25, 0.3) is 11.3 Å². The van der Waals surface area contributed by atoms with E-state index in [0.29, 0.717) is 43.1 Å². The van der Waals surface area contributed by atoms with Crippen LogP contribution in [-0.2, 0) is 0 Å². The number of pyridine rings is 2. The van der Waals surface area contributed by atoms with Crippen molar-refractivity contribution in [2.45, 2.75) is 6.92 Å². The van der Waals surface area contributed by atoms with E-state index in [-0.39, 0.29) is 5.91 Å². The normalized spacial score (nSPS) is 13.8. The van der Waals surface area contributed by atoms with Gasteiger partial charge in [0.25, 0.3) is 5.91 Å². The van der Waals surface area contributed by atoms with E-state index >= 15 is 0 Å².